The molecule has 2 atom stereocenters. The molecule has 0 saturated carbocycles. The molecule has 1 saturated heterocycles. The van der Waals surface area contributed by atoms with Gasteiger partial charge in [0, 0.05) is 12.1 Å². The lowest BCUT2D eigenvalue weighted by Gasteiger charge is -2.23. The smallest absolute Gasteiger partial charge is 0.0218 e. The van der Waals surface area contributed by atoms with Crippen LogP contribution in [-0.2, 0) is 0 Å². The summed E-state index contributed by atoms with van der Waals surface area (Å²) in [6.45, 7) is 4.53. The van der Waals surface area contributed by atoms with Crippen LogP contribution in [0.2, 0.25) is 0 Å². The van der Waals surface area contributed by atoms with Gasteiger partial charge >= 0.3 is 0 Å². The molecule has 0 radical (unpaired) electrons. The van der Waals surface area contributed by atoms with Crippen LogP contribution < -0.4 is 5.43 Å². The third-order valence-corrected chi connectivity index (χ3v) is 2.21. The summed E-state index contributed by atoms with van der Waals surface area (Å²) < 4.78 is 0. The molecule has 1 N–H and O–H groups in total. The molecule has 0 unspecified atom stereocenters. The van der Waals surface area contributed by atoms with Gasteiger partial charge in [-0.25, -0.2) is 5.01 Å². The molecule has 1 aliphatic rings. The highest BCUT2D eigenvalue weighted by Crippen LogP contribution is 2.19. The van der Waals surface area contributed by atoms with Crippen molar-refractivity contribution in [2.75, 3.05) is 7.05 Å². The molecule has 1 rings (SSSR count). The van der Waals surface area contributed by atoms with Crippen molar-refractivity contribution in [2.24, 2.45) is 0 Å². The van der Waals surface area contributed by atoms with Crippen molar-refractivity contribution < 1.29 is 0 Å². The topological polar surface area (TPSA) is 15.3 Å². The van der Waals surface area contributed by atoms with Crippen molar-refractivity contribution in [1.82, 2.24) is 10.4 Å². The fraction of sp³-hybridized carbons (Fsp3) is 1.00. The van der Waals surface area contributed by atoms with E-state index in [9.17, 15) is 0 Å². The summed E-state index contributed by atoms with van der Waals surface area (Å²) in [6, 6.07) is 1.45. The molecule has 2 heteroatoms. The van der Waals surface area contributed by atoms with E-state index in [0.717, 1.165) is 12.1 Å². The maximum absolute atomic E-state index is 3.20. The van der Waals surface area contributed by atoms with E-state index in [4.69, 9.17) is 0 Å². The molecule has 0 aromatic rings. The molecule has 1 fully saturated rings. The molecule has 0 aromatic carbocycles. The number of nitrogens with one attached hydrogen (secondary N) is 1. The number of hydrazine groups is 1. The monoisotopic (exact) mass is 128 g/mol. The minimum absolute atomic E-state index is 0.727. The molecule has 0 spiro atoms. The maximum atomic E-state index is 3.20. The van der Waals surface area contributed by atoms with E-state index in [1.54, 1.807) is 0 Å². The Morgan fingerprint density at radius 3 is 1.89 bits per heavy atom. The minimum Gasteiger partial charge on any atom is -0.258 e. The summed E-state index contributed by atoms with van der Waals surface area (Å²) in [5, 5.41) is 2.32. The van der Waals surface area contributed by atoms with Crippen LogP contribution in [0.3, 0.4) is 0 Å². The minimum atomic E-state index is 0.727. The molecule has 1 heterocycles. The number of rotatable bonds is 1. The van der Waals surface area contributed by atoms with E-state index < -0.39 is 0 Å². The van der Waals surface area contributed by atoms with E-state index in [0.29, 0.717) is 0 Å². The Kier molecular flexibility index (Phi) is 2.09. The standard InChI is InChI=1S/C7H16N2/c1-6-4-5-7(2)9(6)8-3/h6-8H,4-5H2,1-3H3/t6-,7+. The molecule has 0 bridgehead atoms. The van der Waals surface area contributed by atoms with Gasteiger partial charge in [-0.15, -0.1) is 0 Å². The van der Waals surface area contributed by atoms with Crippen molar-refractivity contribution in [3.05, 3.63) is 0 Å². The molecule has 2 nitrogen and oxygen atoms in total. The van der Waals surface area contributed by atoms with Crippen molar-refractivity contribution in [1.29, 1.82) is 0 Å². The molecular formula is C7H16N2. The number of hydrogen-bond acceptors (Lipinski definition) is 2. The number of hydrogen-bond donors (Lipinski definition) is 1. The predicted molar refractivity (Wildman–Crippen MR) is 39.1 cm³/mol. The average molecular weight is 128 g/mol. The molecule has 1 aliphatic heterocycles. The van der Waals surface area contributed by atoms with Crippen LogP contribution in [0.15, 0.2) is 0 Å². The van der Waals surface area contributed by atoms with E-state index in [2.05, 4.69) is 24.3 Å². The van der Waals surface area contributed by atoms with Crippen LogP contribution in [0, 0.1) is 0 Å². The van der Waals surface area contributed by atoms with Gasteiger partial charge in [-0.2, -0.15) is 0 Å². The second-order valence-corrected chi connectivity index (χ2v) is 2.91. The van der Waals surface area contributed by atoms with Crippen LogP contribution in [0.25, 0.3) is 0 Å². The van der Waals surface area contributed by atoms with Crippen LogP contribution >= 0.6 is 0 Å². The molecule has 0 aliphatic carbocycles. The molecule has 0 aromatic heterocycles. The Morgan fingerprint density at radius 1 is 1.22 bits per heavy atom. The summed E-state index contributed by atoms with van der Waals surface area (Å²) in [4.78, 5) is 0. The van der Waals surface area contributed by atoms with Gasteiger partial charge < -0.3 is 0 Å². The average Bonchev–Trinajstić information content (AvgIpc) is 2.12. The SMILES string of the molecule is CNN1[C@H](C)CC[C@@H]1C. The van der Waals surface area contributed by atoms with Crippen LogP contribution in [-0.4, -0.2) is 24.1 Å². The first-order valence-electron chi connectivity index (χ1n) is 3.71. The zero-order valence-electron chi connectivity index (χ0n) is 6.52. The second-order valence-electron chi connectivity index (χ2n) is 2.91. The quantitative estimate of drug-likeness (QED) is 0.566. The zero-order valence-corrected chi connectivity index (χ0v) is 6.52. The van der Waals surface area contributed by atoms with E-state index in [-0.39, 0.29) is 0 Å². The largest absolute Gasteiger partial charge is 0.258 e. The summed E-state index contributed by atoms with van der Waals surface area (Å²) in [5.74, 6) is 0. The van der Waals surface area contributed by atoms with Crippen LogP contribution in [0.5, 0.6) is 0 Å². The molecule has 0 amide bonds. The second kappa shape index (κ2) is 2.67. The number of nitrogens with zero attached hydrogens (tertiary/aromatic N) is 1. The van der Waals surface area contributed by atoms with Crippen LogP contribution in [0.4, 0.5) is 0 Å². The normalized spacial score (nSPS) is 37.7. The molecule has 54 valence electrons. The van der Waals surface area contributed by atoms with Gasteiger partial charge in [0.1, 0.15) is 0 Å². The van der Waals surface area contributed by atoms with E-state index in [1.165, 1.54) is 12.8 Å². The van der Waals surface area contributed by atoms with Crippen molar-refractivity contribution in [2.45, 2.75) is 38.8 Å². The van der Waals surface area contributed by atoms with E-state index in [1.807, 2.05) is 7.05 Å². The lowest BCUT2D eigenvalue weighted by Crippen LogP contribution is -2.41. The highest BCUT2D eigenvalue weighted by molar-refractivity contribution is 4.78. The first-order chi connectivity index (χ1) is 4.25. The Bertz CT molecular complexity index is 82.9. The van der Waals surface area contributed by atoms with Gasteiger partial charge in [-0.05, 0) is 33.7 Å². The summed E-state index contributed by atoms with van der Waals surface area (Å²) in [6.07, 6.45) is 2.67. The lowest BCUT2D eigenvalue weighted by atomic mass is 10.2. The van der Waals surface area contributed by atoms with E-state index >= 15 is 0 Å². The van der Waals surface area contributed by atoms with Gasteiger partial charge in [0.15, 0.2) is 0 Å². The maximum Gasteiger partial charge on any atom is 0.0218 e. The Labute approximate surface area is 57.2 Å². The van der Waals surface area contributed by atoms with Gasteiger partial charge in [0.05, 0.1) is 0 Å². The third-order valence-electron chi connectivity index (χ3n) is 2.21. The van der Waals surface area contributed by atoms with Crippen molar-refractivity contribution in [3.8, 4) is 0 Å². The summed E-state index contributed by atoms with van der Waals surface area (Å²) in [7, 11) is 2.00. The van der Waals surface area contributed by atoms with Gasteiger partial charge in [0.25, 0.3) is 0 Å². The fourth-order valence-electron chi connectivity index (χ4n) is 1.64. The summed E-state index contributed by atoms with van der Waals surface area (Å²) in [5.41, 5.74) is 3.20. The van der Waals surface area contributed by atoms with Crippen molar-refractivity contribution in [3.63, 3.8) is 0 Å². The highest BCUT2D eigenvalue weighted by atomic mass is 15.5. The molecule has 9 heavy (non-hydrogen) atoms. The Morgan fingerprint density at radius 2 is 1.67 bits per heavy atom. The Hall–Kier alpha value is -0.0800. The van der Waals surface area contributed by atoms with Gasteiger partial charge in [0.2, 0.25) is 0 Å². The first-order valence-corrected chi connectivity index (χ1v) is 3.71. The predicted octanol–water partition coefficient (Wildman–Crippen LogP) is 0.994. The molecular weight excluding hydrogens is 112 g/mol. The van der Waals surface area contributed by atoms with Crippen LogP contribution in [0.1, 0.15) is 26.7 Å². The third kappa shape index (κ3) is 1.25. The van der Waals surface area contributed by atoms with Crippen molar-refractivity contribution >= 4 is 0 Å². The first kappa shape index (κ1) is 7.03. The van der Waals surface area contributed by atoms with Gasteiger partial charge in [-0.3, -0.25) is 5.43 Å². The highest BCUT2D eigenvalue weighted by Gasteiger charge is 2.25. The van der Waals surface area contributed by atoms with Gasteiger partial charge in [-0.1, -0.05) is 0 Å². The Balaban J connectivity index is 2.44. The zero-order chi connectivity index (χ0) is 6.85. The summed E-state index contributed by atoms with van der Waals surface area (Å²) >= 11 is 0. The fourth-order valence-corrected chi connectivity index (χ4v) is 1.64. The lowest BCUT2D eigenvalue weighted by molar-refractivity contribution is 0.152.